The van der Waals surface area contributed by atoms with Crippen molar-refractivity contribution >= 4 is 27.8 Å². The molecule has 0 radical (unpaired) electrons. The van der Waals surface area contributed by atoms with E-state index in [1.54, 1.807) is 0 Å². The highest BCUT2D eigenvalue weighted by Gasteiger charge is 2.53. The first-order valence-corrected chi connectivity index (χ1v) is 26.2. The fourth-order valence-corrected chi connectivity index (χ4v) is 13.9. The normalized spacial score (nSPS) is 16.4. The predicted octanol–water partition coefficient (Wildman–Crippen LogP) is 18.4. The number of benzene rings is 11. The highest BCUT2D eigenvalue weighted by atomic mass is 16.5. The molecule has 75 heavy (non-hydrogen) atoms. The molecule has 0 saturated heterocycles. The molecule has 1 atom stereocenters. The molecular weight excluding hydrogens is 911 g/mol. The van der Waals surface area contributed by atoms with Crippen molar-refractivity contribution in [2.24, 2.45) is 0 Å². The molecule has 352 valence electrons. The summed E-state index contributed by atoms with van der Waals surface area (Å²) in [6.45, 7) is 0. The molecule has 0 saturated carbocycles. The number of rotatable bonds is 5. The van der Waals surface area contributed by atoms with Crippen LogP contribution in [0.1, 0.15) is 51.8 Å². The Hall–Kier alpha value is -9.44. The first kappa shape index (κ1) is 42.1. The average Bonchev–Trinajstić information content (AvgIpc) is 3.94. The zero-order valence-electron chi connectivity index (χ0n) is 41.0. The average molecular weight is 958 g/mol. The molecule has 2 heterocycles. The van der Waals surface area contributed by atoms with E-state index in [-0.39, 0.29) is 0 Å². The van der Waals surface area contributed by atoms with Crippen LogP contribution in [-0.2, 0) is 10.8 Å². The van der Waals surface area contributed by atoms with E-state index in [4.69, 9.17) is 9.47 Å². The van der Waals surface area contributed by atoms with Gasteiger partial charge >= 0.3 is 0 Å². The van der Waals surface area contributed by atoms with E-state index >= 15 is 0 Å². The Morgan fingerprint density at radius 3 is 1.65 bits per heavy atom. The maximum absolute atomic E-state index is 6.87. The van der Waals surface area contributed by atoms with Crippen molar-refractivity contribution in [3.8, 4) is 61.8 Å². The van der Waals surface area contributed by atoms with Gasteiger partial charge in [0.05, 0.1) is 22.2 Å². The minimum absolute atomic E-state index is 0.579. The first-order valence-electron chi connectivity index (χ1n) is 26.2. The molecule has 0 N–H and O–H groups in total. The second kappa shape index (κ2) is 16.0. The molecule has 0 amide bonds. The van der Waals surface area contributed by atoms with Crippen molar-refractivity contribution < 1.29 is 9.47 Å². The zero-order valence-corrected chi connectivity index (χ0v) is 41.0. The number of allylic oxidation sites excluding steroid dienone is 4. The van der Waals surface area contributed by atoms with Crippen molar-refractivity contribution in [1.29, 1.82) is 0 Å². The van der Waals surface area contributed by atoms with E-state index in [0.29, 0.717) is 0 Å². The van der Waals surface area contributed by atoms with Crippen LogP contribution in [-0.4, -0.2) is 0 Å². The van der Waals surface area contributed by atoms with E-state index in [9.17, 15) is 0 Å². The summed E-state index contributed by atoms with van der Waals surface area (Å²) in [5.41, 5.74) is 21.6. The molecule has 5 aliphatic rings. The Labute approximate surface area is 436 Å². The second-order valence-electron chi connectivity index (χ2n) is 20.4. The molecule has 2 spiro atoms. The van der Waals surface area contributed by atoms with Gasteiger partial charge in [-0.05, 0) is 115 Å². The van der Waals surface area contributed by atoms with Crippen molar-refractivity contribution in [1.82, 2.24) is 0 Å². The first-order chi connectivity index (χ1) is 37.2. The van der Waals surface area contributed by atoms with Crippen LogP contribution in [0.25, 0.3) is 55.3 Å². The number of anilines is 3. The molecule has 1 unspecified atom stereocenters. The third-order valence-corrected chi connectivity index (χ3v) is 16.9. The lowest BCUT2D eigenvalue weighted by molar-refractivity contribution is 0.364. The molecule has 3 aliphatic carbocycles. The Morgan fingerprint density at radius 2 is 0.907 bits per heavy atom. The van der Waals surface area contributed by atoms with E-state index in [1.807, 2.05) is 0 Å². The number of hydrogen-bond donors (Lipinski definition) is 0. The summed E-state index contributed by atoms with van der Waals surface area (Å²) in [4.78, 5) is 2.54. The van der Waals surface area contributed by atoms with Gasteiger partial charge in [-0.2, -0.15) is 0 Å². The van der Waals surface area contributed by atoms with Crippen molar-refractivity contribution in [2.45, 2.75) is 23.7 Å². The van der Waals surface area contributed by atoms with Crippen LogP contribution in [0, 0.1) is 0 Å². The van der Waals surface area contributed by atoms with Gasteiger partial charge in [-0.15, -0.1) is 0 Å². The minimum atomic E-state index is -0.588. The van der Waals surface area contributed by atoms with Gasteiger partial charge in [0.15, 0.2) is 0 Å². The molecule has 0 aromatic heterocycles. The molecule has 11 aromatic carbocycles. The summed E-state index contributed by atoms with van der Waals surface area (Å²) in [6.07, 6.45) is 6.50. The smallest absolute Gasteiger partial charge is 0.132 e. The van der Waals surface area contributed by atoms with Crippen LogP contribution >= 0.6 is 0 Å². The predicted molar refractivity (Wildman–Crippen MR) is 305 cm³/mol. The summed E-state index contributed by atoms with van der Waals surface area (Å²) in [7, 11) is 0. The summed E-state index contributed by atoms with van der Waals surface area (Å²) < 4.78 is 13.6. The Kier molecular flexibility index (Phi) is 9.00. The van der Waals surface area contributed by atoms with Gasteiger partial charge in [0.2, 0.25) is 0 Å². The number of nitrogens with zero attached hydrogens (tertiary/aromatic N) is 1. The van der Waals surface area contributed by atoms with E-state index in [2.05, 4.69) is 266 Å². The van der Waals surface area contributed by atoms with Crippen molar-refractivity contribution in [3.63, 3.8) is 0 Å². The SMILES string of the molecule is C1=CC2=C(CC1)Oc1ccccc1C21c2ccccc2-c2ccc(N(c3ccccc3-c3ccc(-c4ccccc4)cc3)c3cccc4c5c(ccc34)C3(c4ccccc4Oc4ccccc43)c3ccccc3-5)cc21. The van der Waals surface area contributed by atoms with E-state index < -0.39 is 10.8 Å². The molecule has 0 bridgehead atoms. The van der Waals surface area contributed by atoms with Gasteiger partial charge < -0.3 is 14.4 Å². The number of ether oxygens (including phenoxy) is 2. The highest BCUT2D eigenvalue weighted by molar-refractivity contribution is 6.11. The molecule has 0 fully saturated rings. The second-order valence-corrected chi connectivity index (χ2v) is 20.4. The van der Waals surface area contributed by atoms with Crippen molar-refractivity contribution in [2.75, 3.05) is 4.90 Å². The minimum Gasteiger partial charge on any atom is -0.461 e. The van der Waals surface area contributed by atoms with Crippen LogP contribution in [0.4, 0.5) is 17.1 Å². The lowest BCUT2D eigenvalue weighted by Gasteiger charge is -2.41. The molecule has 2 aliphatic heterocycles. The van der Waals surface area contributed by atoms with Crippen LogP contribution in [0.3, 0.4) is 0 Å². The van der Waals surface area contributed by atoms with Crippen LogP contribution < -0.4 is 14.4 Å². The lowest BCUT2D eigenvalue weighted by Crippen LogP contribution is -2.35. The number of hydrogen-bond acceptors (Lipinski definition) is 3. The Balaban J connectivity index is 0.972. The van der Waals surface area contributed by atoms with Gasteiger partial charge in [0.1, 0.15) is 23.0 Å². The Morgan fingerprint density at radius 1 is 0.347 bits per heavy atom. The molecule has 11 aromatic rings. The molecule has 3 heteroatoms. The highest BCUT2D eigenvalue weighted by Crippen LogP contribution is 2.65. The largest absolute Gasteiger partial charge is 0.461 e. The Bertz CT molecular complexity index is 4210. The third kappa shape index (κ3) is 5.75. The molecule has 16 rings (SSSR count). The van der Waals surface area contributed by atoms with Crippen LogP contribution in [0.5, 0.6) is 17.2 Å². The lowest BCUT2D eigenvalue weighted by atomic mass is 9.64. The monoisotopic (exact) mass is 957 g/mol. The van der Waals surface area contributed by atoms with Gasteiger partial charge in [-0.3, -0.25) is 0 Å². The summed E-state index contributed by atoms with van der Waals surface area (Å²) in [5.74, 6) is 3.77. The van der Waals surface area contributed by atoms with E-state index in [1.165, 1.54) is 77.5 Å². The third-order valence-electron chi connectivity index (χ3n) is 16.9. The van der Waals surface area contributed by atoms with Crippen molar-refractivity contribution in [3.05, 3.63) is 311 Å². The summed E-state index contributed by atoms with van der Waals surface area (Å²) in [5, 5.41) is 2.37. The standard InChI is InChI=1S/C72H47NO2/c1-2-19-46(20-3-1)47-37-39-48(40-38-47)50-21-6-13-31-64(50)73(49-41-42-52-51-22-4-7-25-56(51)72(63(52)45-49)60-29-11-16-35-68(60)75-69-36-17-12-30-61(69)72)65-32-18-24-54-53(65)43-44-62-70(54)55-23-5-8-26-57(55)71(62)58-27-9-14-33-66(58)74-67-34-15-10-28-59(67)71/h1-16,18-35,37-45H,17,36H2. The summed E-state index contributed by atoms with van der Waals surface area (Å²) >= 11 is 0. The maximum atomic E-state index is 6.87. The number of fused-ring (bicyclic) bond motifs is 19. The van der Waals surface area contributed by atoms with Gasteiger partial charge in [-0.1, -0.05) is 218 Å². The number of para-hydroxylation sites is 4. The zero-order chi connectivity index (χ0) is 49.2. The molecule has 3 nitrogen and oxygen atoms in total. The summed E-state index contributed by atoms with van der Waals surface area (Å²) in [6, 6.07) is 91.8. The van der Waals surface area contributed by atoms with Gasteiger partial charge in [0.25, 0.3) is 0 Å². The van der Waals surface area contributed by atoms with Crippen LogP contribution in [0.15, 0.2) is 272 Å². The van der Waals surface area contributed by atoms with Gasteiger partial charge in [0, 0.05) is 45.3 Å². The maximum Gasteiger partial charge on any atom is 0.132 e. The quantitative estimate of drug-likeness (QED) is 0.172. The van der Waals surface area contributed by atoms with E-state index in [0.717, 1.165) is 75.2 Å². The van der Waals surface area contributed by atoms with Crippen LogP contribution in [0.2, 0.25) is 0 Å². The molecular formula is C72H47NO2. The fraction of sp³-hybridized carbons (Fsp3) is 0.0556. The topological polar surface area (TPSA) is 21.7 Å². The fourth-order valence-electron chi connectivity index (χ4n) is 13.9. The van der Waals surface area contributed by atoms with Gasteiger partial charge in [-0.25, -0.2) is 0 Å².